The molecule has 2 aliphatic rings. The molecule has 2 heterocycles. The van der Waals surface area contributed by atoms with Gasteiger partial charge in [-0.25, -0.2) is 9.18 Å². The monoisotopic (exact) mass is 474 g/mol. The van der Waals surface area contributed by atoms with Gasteiger partial charge in [-0.2, -0.15) is 0 Å². The fraction of sp³-hybridized carbons (Fsp3) is 0.286. The summed E-state index contributed by atoms with van der Waals surface area (Å²) < 4.78 is 18.9. The molecule has 1 N–H and O–H groups in total. The lowest BCUT2D eigenvalue weighted by molar-refractivity contribution is -0.162. The van der Waals surface area contributed by atoms with Gasteiger partial charge in [0, 0.05) is 24.6 Å². The molecule has 2 aliphatic heterocycles. The van der Waals surface area contributed by atoms with Gasteiger partial charge in [0.1, 0.15) is 5.82 Å². The Labute approximate surface area is 203 Å². The van der Waals surface area contributed by atoms with Crippen molar-refractivity contribution in [2.45, 2.75) is 24.5 Å². The molecule has 35 heavy (non-hydrogen) atoms. The molecule has 180 valence electrons. The number of carbonyl (C=O) groups excluding carboxylic acids is 2. The molecule has 1 amide bonds. The normalized spacial score (nSPS) is 21.9. The predicted octanol–water partition coefficient (Wildman–Crippen LogP) is 3.45. The first-order valence-corrected chi connectivity index (χ1v) is 11.7. The Bertz CT molecular complexity index is 1230. The first-order valence-electron chi connectivity index (χ1n) is 11.7. The number of nitrogens with zero attached hydrogens (tertiary/aromatic N) is 2. The number of amides is 1. The van der Waals surface area contributed by atoms with Crippen molar-refractivity contribution in [1.82, 2.24) is 9.80 Å². The van der Waals surface area contributed by atoms with Gasteiger partial charge in [-0.05, 0) is 34.9 Å². The van der Waals surface area contributed by atoms with Crippen molar-refractivity contribution in [2.24, 2.45) is 0 Å². The van der Waals surface area contributed by atoms with E-state index in [1.54, 1.807) is 24.3 Å². The molecular weight excluding hydrogens is 447 g/mol. The van der Waals surface area contributed by atoms with Crippen molar-refractivity contribution < 1.29 is 23.8 Å². The molecule has 0 aromatic heterocycles. The molecule has 0 bridgehead atoms. The number of aliphatic hydroxyl groups is 1. The summed E-state index contributed by atoms with van der Waals surface area (Å²) in [5, 5.41) is 10.0. The van der Waals surface area contributed by atoms with Gasteiger partial charge in [0.15, 0.2) is 0 Å². The lowest BCUT2D eigenvalue weighted by Crippen LogP contribution is -2.72. The van der Waals surface area contributed by atoms with Gasteiger partial charge < -0.3 is 14.7 Å². The summed E-state index contributed by atoms with van der Waals surface area (Å²) in [6, 6.07) is 21.3. The predicted molar refractivity (Wildman–Crippen MR) is 129 cm³/mol. The quantitative estimate of drug-likeness (QED) is 0.555. The Morgan fingerprint density at radius 3 is 2.43 bits per heavy atom. The minimum absolute atomic E-state index is 0.00289. The summed E-state index contributed by atoms with van der Waals surface area (Å²) in [7, 11) is 1.35. The van der Waals surface area contributed by atoms with Crippen LogP contribution in [0.4, 0.5) is 4.39 Å². The second kappa shape index (κ2) is 9.60. The van der Waals surface area contributed by atoms with Gasteiger partial charge in [0.05, 0.1) is 37.9 Å². The number of halogens is 1. The maximum absolute atomic E-state index is 14.2. The Balaban J connectivity index is 1.32. The molecule has 0 aliphatic carbocycles. The molecule has 5 rings (SSSR count). The largest absolute Gasteiger partial charge is 0.465 e. The summed E-state index contributed by atoms with van der Waals surface area (Å²) in [5.74, 6) is -0.640. The number of methoxy groups -OCH3 is 1. The van der Waals surface area contributed by atoms with Crippen molar-refractivity contribution in [1.29, 1.82) is 0 Å². The Morgan fingerprint density at radius 1 is 1.06 bits per heavy atom. The maximum atomic E-state index is 14.2. The number of ether oxygens (including phenoxy) is 1. The molecule has 0 spiro atoms. The average Bonchev–Trinajstić information content (AvgIpc) is 2.86. The SMILES string of the molecule is COC(=O)c1ccc(CN2CC(=O)N3[C@H](C2)[C@@H](c2ccc(-c4ccccc4F)cc2)[C@@H]3CO)cc1. The van der Waals surface area contributed by atoms with E-state index >= 15 is 0 Å². The third-order valence-electron chi connectivity index (χ3n) is 7.08. The summed E-state index contributed by atoms with van der Waals surface area (Å²) in [6.07, 6.45) is 0. The zero-order valence-electron chi connectivity index (χ0n) is 19.4. The van der Waals surface area contributed by atoms with Crippen molar-refractivity contribution in [3.05, 3.63) is 95.3 Å². The highest BCUT2D eigenvalue weighted by Gasteiger charge is 2.53. The lowest BCUT2D eigenvalue weighted by Gasteiger charge is -2.59. The van der Waals surface area contributed by atoms with Crippen molar-refractivity contribution in [3.8, 4) is 11.1 Å². The smallest absolute Gasteiger partial charge is 0.337 e. The molecule has 3 atom stereocenters. The molecule has 3 aromatic carbocycles. The van der Waals surface area contributed by atoms with Gasteiger partial charge in [-0.3, -0.25) is 9.69 Å². The van der Waals surface area contributed by atoms with Crippen LogP contribution in [0.25, 0.3) is 11.1 Å². The number of aliphatic hydroxyl groups excluding tert-OH is 1. The molecule has 2 saturated heterocycles. The van der Waals surface area contributed by atoms with Crippen LogP contribution in [0.1, 0.15) is 27.4 Å². The molecule has 2 fully saturated rings. The minimum atomic E-state index is -0.381. The van der Waals surface area contributed by atoms with E-state index in [9.17, 15) is 19.1 Å². The van der Waals surface area contributed by atoms with E-state index in [1.165, 1.54) is 13.2 Å². The summed E-state index contributed by atoms with van der Waals surface area (Å²) in [6.45, 7) is 1.45. The number of benzene rings is 3. The summed E-state index contributed by atoms with van der Waals surface area (Å²) >= 11 is 0. The van der Waals surface area contributed by atoms with Crippen LogP contribution in [-0.2, 0) is 16.1 Å². The van der Waals surface area contributed by atoms with Gasteiger partial charge in [-0.15, -0.1) is 0 Å². The topological polar surface area (TPSA) is 70.1 Å². The van der Waals surface area contributed by atoms with Crippen LogP contribution >= 0.6 is 0 Å². The maximum Gasteiger partial charge on any atom is 0.337 e. The first kappa shape index (κ1) is 23.2. The molecular formula is C28H27FN2O4. The second-order valence-corrected chi connectivity index (χ2v) is 9.10. The fourth-order valence-corrected chi connectivity index (χ4v) is 5.39. The van der Waals surface area contributed by atoms with E-state index in [-0.39, 0.29) is 48.8 Å². The van der Waals surface area contributed by atoms with Crippen LogP contribution in [0, 0.1) is 5.82 Å². The van der Waals surface area contributed by atoms with Crippen LogP contribution in [-0.4, -0.2) is 65.7 Å². The van der Waals surface area contributed by atoms with Crippen LogP contribution in [0.2, 0.25) is 0 Å². The van der Waals surface area contributed by atoms with E-state index in [2.05, 4.69) is 4.90 Å². The number of hydrogen-bond donors (Lipinski definition) is 1. The van der Waals surface area contributed by atoms with Crippen LogP contribution in [0.5, 0.6) is 0 Å². The molecule has 0 saturated carbocycles. The Kier molecular flexibility index (Phi) is 6.36. The van der Waals surface area contributed by atoms with Gasteiger partial charge in [-0.1, -0.05) is 54.6 Å². The lowest BCUT2D eigenvalue weighted by atomic mass is 9.73. The van der Waals surface area contributed by atoms with Crippen molar-refractivity contribution >= 4 is 11.9 Å². The van der Waals surface area contributed by atoms with E-state index < -0.39 is 0 Å². The Morgan fingerprint density at radius 2 is 1.77 bits per heavy atom. The zero-order chi connectivity index (χ0) is 24.5. The average molecular weight is 475 g/mol. The molecule has 0 unspecified atom stereocenters. The Hall–Kier alpha value is -3.55. The van der Waals surface area contributed by atoms with Crippen molar-refractivity contribution in [2.75, 3.05) is 26.8 Å². The third-order valence-corrected chi connectivity index (χ3v) is 7.08. The molecule has 0 radical (unpaired) electrons. The van der Waals surface area contributed by atoms with Gasteiger partial charge in [0.25, 0.3) is 0 Å². The first-order chi connectivity index (χ1) is 17.0. The third kappa shape index (κ3) is 4.33. The van der Waals surface area contributed by atoms with E-state index in [4.69, 9.17) is 4.74 Å². The molecule has 6 nitrogen and oxygen atoms in total. The van der Waals surface area contributed by atoms with Crippen molar-refractivity contribution in [3.63, 3.8) is 0 Å². The standard InChI is InChI=1S/C28H27FN2O4/c1-35-28(34)21-8-6-18(7-9-21)14-30-15-24-27(25(17-32)31(24)26(33)16-30)20-12-10-19(11-13-20)22-4-2-3-5-23(22)29/h2-13,24-25,27,32H,14-17H2,1H3/t24-,25+,27-/m1/s1. The second-order valence-electron chi connectivity index (χ2n) is 9.10. The van der Waals surface area contributed by atoms with E-state index in [0.717, 1.165) is 16.7 Å². The number of rotatable bonds is 6. The zero-order valence-corrected chi connectivity index (χ0v) is 19.4. The number of esters is 1. The number of piperazine rings is 1. The summed E-state index contributed by atoms with van der Waals surface area (Å²) in [5.41, 5.74) is 3.86. The van der Waals surface area contributed by atoms with Crippen LogP contribution in [0.15, 0.2) is 72.8 Å². The fourth-order valence-electron chi connectivity index (χ4n) is 5.39. The number of fused-ring (bicyclic) bond motifs is 1. The summed E-state index contributed by atoms with van der Waals surface area (Å²) in [4.78, 5) is 28.5. The number of hydrogen-bond acceptors (Lipinski definition) is 5. The number of carbonyl (C=O) groups is 2. The minimum Gasteiger partial charge on any atom is -0.465 e. The highest BCUT2D eigenvalue weighted by atomic mass is 19.1. The highest BCUT2D eigenvalue weighted by Crippen LogP contribution is 2.43. The van der Waals surface area contributed by atoms with Gasteiger partial charge in [0.2, 0.25) is 5.91 Å². The van der Waals surface area contributed by atoms with Crippen LogP contribution < -0.4 is 0 Å². The molecule has 7 heteroatoms. The highest BCUT2D eigenvalue weighted by molar-refractivity contribution is 5.89. The van der Waals surface area contributed by atoms with Crippen LogP contribution in [0.3, 0.4) is 0 Å². The molecule has 3 aromatic rings. The van der Waals surface area contributed by atoms with E-state index in [0.29, 0.717) is 24.2 Å². The van der Waals surface area contributed by atoms with E-state index in [1.807, 2.05) is 47.4 Å². The van der Waals surface area contributed by atoms with Gasteiger partial charge >= 0.3 is 5.97 Å².